The molecule has 0 aliphatic carbocycles. The number of hydrogen-bond acceptors (Lipinski definition) is 4. The smallest absolute Gasteiger partial charge is 0.102 e. The second kappa shape index (κ2) is 4.64. The lowest BCUT2D eigenvalue weighted by Crippen LogP contribution is -2.34. The Kier molecular flexibility index (Phi) is 3.75. The first kappa shape index (κ1) is 11.3. The topological polar surface area (TPSA) is 39.5 Å². The highest BCUT2D eigenvalue weighted by Crippen LogP contribution is 2.25. The van der Waals surface area contributed by atoms with Gasteiger partial charge < -0.3 is 0 Å². The zero-order valence-electron chi connectivity index (χ0n) is 9.11. The van der Waals surface area contributed by atoms with E-state index < -0.39 is 0 Å². The van der Waals surface area contributed by atoms with E-state index in [0.29, 0.717) is 11.0 Å². The molecule has 0 amide bonds. The van der Waals surface area contributed by atoms with Gasteiger partial charge in [-0.15, -0.1) is 0 Å². The maximum absolute atomic E-state index is 7.94. The molecule has 14 heavy (non-hydrogen) atoms. The number of thioether (sulfide) groups is 1. The normalized spacial score (nSPS) is 27.1. The fourth-order valence-electron chi connectivity index (χ4n) is 1.56. The van der Waals surface area contributed by atoms with Crippen LogP contribution >= 0.6 is 11.8 Å². The molecule has 1 N–H and O–H groups in total. The Morgan fingerprint density at radius 3 is 2.71 bits per heavy atom. The van der Waals surface area contributed by atoms with E-state index in [2.05, 4.69) is 12.0 Å². The van der Waals surface area contributed by atoms with Crippen LogP contribution in [0.2, 0.25) is 0 Å². The van der Waals surface area contributed by atoms with E-state index in [1.54, 1.807) is 0 Å². The molecule has 0 saturated heterocycles. The molecule has 0 aromatic carbocycles. The Bertz CT molecular complexity index is 283. The van der Waals surface area contributed by atoms with E-state index in [1.165, 1.54) is 11.8 Å². The molecule has 0 radical (unpaired) electrons. The summed E-state index contributed by atoms with van der Waals surface area (Å²) in [5.41, 5.74) is 1.11. The van der Waals surface area contributed by atoms with E-state index in [1.807, 2.05) is 37.4 Å². The number of nitrogens with zero attached hydrogens (tertiary/aromatic N) is 2. The van der Waals surface area contributed by atoms with Crippen molar-refractivity contribution in [3.63, 3.8) is 0 Å². The van der Waals surface area contributed by atoms with Crippen LogP contribution in [0.1, 0.15) is 20.8 Å². The molecular weight excluding hydrogens is 194 g/mol. The highest BCUT2D eigenvalue weighted by atomic mass is 32.2. The van der Waals surface area contributed by atoms with Crippen molar-refractivity contribution in [3.8, 4) is 0 Å². The van der Waals surface area contributed by atoms with E-state index in [0.717, 1.165) is 5.71 Å². The van der Waals surface area contributed by atoms with Crippen molar-refractivity contribution in [3.05, 3.63) is 11.5 Å². The van der Waals surface area contributed by atoms with Crippen LogP contribution in [0.3, 0.4) is 0 Å². The molecule has 0 saturated carbocycles. The van der Waals surface area contributed by atoms with Gasteiger partial charge in [-0.25, -0.2) is 0 Å². The van der Waals surface area contributed by atoms with Crippen molar-refractivity contribution in [2.24, 2.45) is 11.0 Å². The van der Waals surface area contributed by atoms with Crippen LogP contribution < -0.4 is 0 Å². The van der Waals surface area contributed by atoms with Crippen molar-refractivity contribution in [1.29, 1.82) is 5.41 Å². The van der Waals surface area contributed by atoms with Crippen molar-refractivity contribution >= 4 is 22.5 Å². The molecule has 4 heteroatoms. The summed E-state index contributed by atoms with van der Waals surface area (Å²) >= 11 is 1.47. The van der Waals surface area contributed by atoms with E-state index in [4.69, 9.17) is 5.41 Å². The second-order valence-electron chi connectivity index (χ2n) is 3.50. The fraction of sp³-hybridized carbons (Fsp3) is 0.600. The van der Waals surface area contributed by atoms with Crippen molar-refractivity contribution in [2.75, 3.05) is 7.05 Å². The van der Waals surface area contributed by atoms with Crippen LogP contribution in [-0.2, 0) is 0 Å². The van der Waals surface area contributed by atoms with E-state index in [-0.39, 0.29) is 6.04 Å². The Morgan fingerprint density at radius 1 is 1.64 bits per heavy atom. The Morgan fingerprint density at radius 2 is 2.29 bits per heavy atom. The molecule has 0 fully saturated rings. The molecule has 2 unspecified atom stereocenters. The minimum absolute atomic E-state index is 0.121. The summed E-state index contributed by atoms with van der Waals surface area (Å²) < 4.78 is 0. The highest BCUT2D eigenvalue weighted by Gasteiger charge is 2.32. The summed E-state index contributed by atoms with van der Waals surface area (Å²) in [4.78, 5) is 0. The predicted octanol–water partition coefficient (Wildman–Crippen LogP) is 2.56. The summed E-state index contributed by atoms with van der Waals surface area (Å²) in [5.74, 6) is 0.352. The van der Waals surface area contributed by atoms with E-state index >= 15 is 0 Å². The molecule has 78 valence electrons. The number of hydrogen-bond donors (Lipinski definition) is 1. The Labute approximate surface area is 89.8 Å². The van der Waals surface area contributed by atoms with Gasteiger partial charge in [-0.05, 0) is 19.3 Å². The fourth-order valence-corrected chi connectivity index (χ4v) is 2.34. The SMILES string of the molecule is C/C=C\SC(=N)C1C(C)C(C)=NN1C. The minimum atomic E-state index is 0.121. The van der Waals surface area contributed by atoms with Crippen LogP contribution in [0.25, 0.3) is 0 Å². The monoisotopic (exact) mass is 211 g/mol. The molecule has 0 aromatic rings. The van der Waals surface area contributed by atoms with Crippen LogP contribution in [0.5, 0.6) is 0 Å². The second-order valence-corrected chi connectivity index (χ2v) is 4.45. The van der Waals surface area contributed by atoms with Crippen molar-refractivity contribution in [1.82, 2.24) is 5.01 Å². The van der Waals surface area contributed by atoms with Crippen molar-refractivity contribution < 1.29 is 0 Å². The van der Waals surface area contributed by atoms with Gasteiger partial charge in [0.1, 0.15) is 6.04 Å². The Hall–Kier alpha value is -0.770. The van der Waals surface area contributed by atoms with Crippen LogP contribution in [-0.4, -0.2) is 28.9 Å². The third kappa shape index (κ3) is 2.18. The largest absolute Gasteiger partial charge is 0.296 e. The number of allylic oxidation sites excluding steroid dienone is 1. The van der Waals surface area contributed by atoms with Gasteiger partial charge in [-0.2, -0.15) is 5.10 Å². The summed E-state index contributed by atoms with van der Waals surface area (Å²) in [6, 6.07) is 0.121. The average molecular weight is 211 g/mol. The number of rotatable bonds is 2. The quantitative estimate of drug-likeness (QED) is 0.563. The standard InChI is InChI=1S/C10H17N3S/c1-5-6-14-10(11)9-7(2)8(3)12-13(9)4/h5-7,9,11H,1-4H3/b6-5-,11-10?. The first-order valence-electron chi connectivity index (χ1n) is 4.72. The summed E-state index contributed by atoms with van der Waals surface area (Å²) in [6.07, 6.45) is 1.95. The zero-order valence-corrected chi connectivity index (χ0v) is 9.93. The molecule has 2 atom stereocenters. The lowest BCUT2D eigenvalue weighted by atomic mass is 10.00. The third-order valence-electron chi connectivity index (χ3n) is 2.45. The number of nitrogens with one attached hydrogen (secondary N) is 1. The van der Waals surface area contributed by atoms with Gasteiger partial charge in [-0.3, -0.25) is 10.4 Å². The number of hydrazone groups is 1. The van der Waals surface area contributed by atoms with Gasteiger partial charge in [0.05, 0.1) is 5.04 Å². The molecule has 0 bridgehead atoms. The molecule has 1 aliphatic heterocycles. The minimum Gasteiger partial charge on any atom is -0.296 e. The van der Waals surface area contributed by atoms with Crippen LogP contribution in [0.4, 0.5) is 0 Å². The van der Waals surface area contributed by atoms with Gasteiger partial charge in [0, 0.05) is 18.7 Å². The Balaban J connectivity index is 2.66. The summed E-state index contributed by atoms with van der Waals surface area (Å²) in [5, 5.41) is 16.8. The van der Waals surface area contributed by atoms with Crippen LogP contribution in [0, 0.1) is 11.3 Å². The molecular formula is C10H17N3S. The molecule has 0 aromatic heterocycles. The molecule has 1 heterocycles. The average Bonchev–Trinajstić information content (AvgIpc) is 2.38. The van der Waals surface area contributed by atoms with Gasteiger partial charge in [0.2, 0.25) is 0 Å². The first-order valence-corrected chi connectivity index (χ1v) is 5.60. The maximum Gasteiger partial charge on any atom is 0.102 e. The van der Waals surface area contributed by atoms with Gasteiger partial charge in [-0.1, -0.05) is 24.8 Å². The molecule has 1 rings (SSSR count). The van der Waals surface area contributed by atoms with Gasteiger partial charge in [0.15, 0.2) is 0 Å². The molecule has 1 aliphatic rings. The zero-order chi connectivity index (χ0) is 10.7. The lowest BCUT2D eigenvalue weighted by molar-refractivity contribution is 0.319. The molecule has 3 nitrogen and oxygen atoms in total. The summed E-state index contributed by atoms with van der Waals surface area (Å²) in [6.45, 7) is 6.11. The van der Waals surface area contributed by atoms with Gasteiger partial charge >= 0.3 is 0 Å². The predicted molar refractivity (Wildman–Crippen MR) is 64.0 cm³/mol. The summed E-state index contributed by atoms with van der Waals surface area (Å²) in [7, 11) is 1.93. The lowest BCUT2D eigenvalue weighted by Gasteiger charge is -2.22. The van der Waals surface area contributed by atoms with Gasteiger partial charge in [0.25, 0.3) is 0 Å². The third-order valence-corrected chi connectivity index (χ3v) is 3.35. The van der Waals surface area contributed by atoms with Crippen LogP contribution in [0.15, 0.2) is 16.6 Å². The van der Waals surface area contributed by atoms with Crippen molar-refractivity contribution in [2.45, 2.75) is 26.8 Å². The molecule has 0 spiro atoms. The van der Waals surface area contributed by atoms with E-state index in [9.17, 15) is 0 Å². The maximum atomic E-state index is 7.94. The first-order chi connectivity index (χ1) is 6.57. The highest BCUT2D eigenvalue weighted by molar-refractivity contribution is 8.16.